The van der Waals surface area contributed by atoms with Crippen LogP contribution >= 0.6 is 0 Å². The summed E-state index contributed by atoms with van der Waals surface area (Å²) < 4.78 is 0. The van der Waals surface area contributed by atoms with Crippen LogP contribution in [0.5, 0.6) is 0 Å². The van der Waals surface area contributed by atoms with E-state index in [9.17, 15) is 10.1 Å². The molecule has 6 heteroatoms. The maximum absolute atomic E-state index is 11.1. The molecule has 3 rings (SSSR count). The minimum atomic E-state index is -0.320. The third-order valence-electron chi connectivity index (χ3n) is 3.72. The van der Waals surface area contributed by atoms with E-state index in [1.807, 2.05) is 25.3 Å². The molecule has 0 N–H and O–H groups in total. The molecule has 1 aliphatic rings. The first kappa shape index (κ1) is 13.6. The monoisotopic (exact) mass is 284 g/mol. The van der Waals surface area contributed by atoms with Gasteiger partial charge in [0.1, 0.15) is 5.82 Å². The minimum Gasteiger partial charge on any atom is -0.294 e. The highest BCUT2D eigenvalue weighted by atomic mass is 16.6. The number of nitro groups is 1. The quantitative estimate of drug-likeness (QED) is 0.638. The van der Waals surface area contributed by atoms with Crippen LogP contribution in [0, 0.1) is 17.0 Å². The minimum absolute atomic E-state index is 0.184. The van der Waals surface area contributed by atoms with Gasteiger partial charge < -0.3 is 0 Å². The molecule has 0 atom stereocenters. The first-order valence-corrected chi connectivity index (χ1v) is 6.89. The fourth-order valence-electron chi connectivity index (χ4n) is 2.67. The van der Waals surface area contributed by atoms with Crippen LogP contribution in [-0.2, 0) is 19.5 Å². The summed E-state index contributed by atoms with van der Waals surface area (Å²) in [5.74, 6) is 0.792. The van der Waals surface area contributed by atoms with Gasteiger partial charge in [-0.2, -0.15) is 0 Å². The SMILES string of the molecule is Cc1ncc2c(n1)CCN(Cc1ccccc1[N+](=O)[O-])C2. The Kier molecular flexibility index (Phi) is 3.62. The predicted octanol–water partition coefficient (Wildman–Crippen LogP) is 2.25. The highest BCUT2D eigenvalue weighted by Crippen LogP contribution is 2.23. The molecule has 0 unspecified atom stereocenters. The van der Waals surface area contributed by atoms with Gasteiger partial charge >= 0.3 is 0 Å². The molecule has 0 spiro atoms. The van der Waals surface area contributed by atoms with E-state index in [1.165, 1.54) is 0 Å². The molecular formula is C15H16N4O2. The van der Waals surface area contributed by atoms with Crippen molar-refractivity contribution >= 4 is 5.69 Å². The van der Waals surface area contributed by atoms with Crippen molar-refractivity contribution in [1.29, 1.82) is 0 Å². The van der Waals surface area contributed by atoms with E-state index in [4.69, 9.17) is 0 Å². The molecule has 0 aliphatic carbocycles. The largest absolute Gasteiger partial charge is 0.294 e. The van der Waals surface area contributed by atoms with Gasteiger partial charge in [0, 0.05) is 55.1 Å². The first-order chi connectivity index (χ1) is 10.1. The number of hydrogen-bond donors (Lipinski definition) is 0. The van der Waals surface area contributed by atoms with Crippen LogP contribution < -0.4 is 0 Å². The second kappa shape index (κ2) is 5.57. The molecule has 0 saturated heterocycles. The maximum Gasteiger partial charge on any atom is 0.273 e. The van der Waals surface area contributed by atoms with Crippen molar-refractivity contribution < 1.29 is 4.92 Å². The van der Waals surface area contributed by atoms with Gasteiger partial charge in [0.05, 0.1) is 4.92 Å². The number of benzene rings is 1. The summed E-state index contributed by atoms with van der Waals surface area (Å²) in [6.07, 6.45) is 2.72. The van der Waals surface area contributed by atoms with Gasteiger partial charge in [0.2, 0.25) is 0 Å². The van der Waals surface area contributed by atoms with Gasteiger partial charge in [0.15, 0.2) is 0 Å². The third kappa shape index (κ3) is 2.90. The normalized spacial score (nSPS) is 14.7. The number of hydrogen-bond acceptors (Lipinski definition) is 5. The number of aryl methyl sites for hydroxylation is 1. The molecule has 1 aromatic carbocycles. The summed E-state index contributed by atoms with van der Waals surface area (Å²) in [5, 5.41) is 11.1. The zero-order chi connectivity index (χ0) is 14.8. The molecule has 21 heavy (non-hydrogen) atoms. The number of rotatable bonds is 3. The highest BCUT2D eigenvalue weighted by molar-refractivity contribution is 5.39. The second-order valence-electron chi connectivity index (χ2n) is 5.24. The van der Waals surface area contributed by atoms with E-state index >= 15 is 0 Å². The van der Waals surface area contributed by atoms with E-state index in [1.54, 1.807) is 12.1 Å². The lowest BCUT2D eigenvalue weighted by Crippen LogP contribution is -2.31. The molecule has 0 saturated carbocycles. The van der Waals surface area contributed by atoms with E-state index in [2.05, 4.69) is 14.9 Å². The van der Waals surface area contributed by atoms with Crippen LogP contribution in [-0.4, -0.2) is 26.3 Å². The summed E-state index contributed by atoms with van der Waals surface area (Å²) >= 11 is 0. The predicted molar refractivity (Wildman–Crippen MR) is 77.7 cm³/mol. The maximum atomic E-state index is 11.1. The van der Waals surface area contributed by atoms with Gasteiger partial charge in [-0.05, 0) is 6.92 Å². The van der Waals surface area contributed by atoms with Crippen molar-refractivity contribution in [3.8, 4) is 0 Å². The van der Waals surface area contributed by atoms with Crippen molar-refractivity contribution in [2.45, 2.75) is 26.4 Å². The van der Waals surface area contributed by atoms with Gasteiger partial charge in [-0.15, -0.1) is 0 Å². The van der Waals surface area contributed by atoms with E-state index < -0.39 is 0 Å². The van der Waals surface area contributed by atoms with Crippen LogP contribution in [0.4, 0.5) is 5.69 Å². The van der Waals surface area contributed by atoms with Crippen LogP contribution in [0.2, 0.25) is 0 Å². The summed E-state index contributed by atoms with van der Waals surface area (Å²) in [5.41, 5.74) is 3.15. The Hall–Kier alpha value is -2.34. The second-order valence-corrected chi connectivity index (χ2v) is 5.24. The molecular weight excluding hydrogens is 268 g/mol. The lowest BCUT2D eigenvalue weighted by atomic mass is 10.1. The molecule has 0 amide bonds. The van der Waals surface area contributed by atoms with Gasteiger partial charge in [-0.25, -0.2) is 9.97 Å². The molecule has 0 radical (unpaired) electrons. The molecule has 1 aliphatic heterocycles. The summed E-state index contributed by atoms with van der Waals surface area (Å²) in [7, 11) is 0. The Morgan fingerprint density at radius 2 is 2.19 bits per heavy atom. The van der Waals surface area contributed by atoms with E-state index in [0.29, 0.717) is 6.54 Å². The lowest BCUT2D eigenvalue weighted by Gasteiger charge is -2.27. The molecule has 0 bridgehead atoms. The number of aromatic nitrogens is 2. The number of para-hydroxylation sites is 1. The third-order valence-corrected chi connectivity index (χ3v) is 3.72. The Morgan fingerprint density at radius 1 is 1.38 bits per heavy atom. The van der Waals surface area contributed by atoms with E-state index in [-0.39, 0.29) is 10.6 Å². The van der Waals surface area contributed by atoms with Crippen LogP contribution in [0.3, 0.4) is 0 Å². The molecule has 6 nitrogen and oxygen atoms in total. The van der Waals surface area contributed by atoms with Crippen molar-refractivity contribution in [2.75, 3.05) is 6.54 Å². The van der Waals surface area contributed by atoms with Crippen molar-refractivity contribution in [3.05, 3.63) is 63.2 Å². The smallest absolute Gasteiger partial charge is 0.273 e. The average Bonchev–Trinajstić information content (AvgIpc) is 2.48. The Bertz CT molecular complexity index is 687. The fourth-order valence-corrected chi connectivity index (χ4v) is 2.67. The van der Waals surface area contributed by atoms with Crippen molar-refractivity contribution in [3.63, 3.8) is 0 Å². The first-order valence-electron chi connectivity index (χ1n) is 6.89. The zero-order valence-corrected chi connectivity index (χ0v) is 11.8. The average molecular weight is 284 g/mol. The standard InChI is InChI=1S/C15H16N4O2/c1-11-16-8-13-10-18(7-6-14(13)17-11)9-12-4-2-3-5-15(12)19(20)21/h2-5,8H,6-7,9-10H2,1H3. The van der Waals surface area contributed by atoms with Crippen LogP contribution in [0.25, 0.3) is 0 Å². The summed E-state index contributed by atoms with van der Waals surface area (Å²) in [6.45, 7) is 4.06. The fraction of sp³-hybridized carbons (Fsp3) is 0.333. The Labute approximate surface area is 122 Å². The van der Waals surface area contributed by atoms with E-state index in [0.717, 1.165) is 42.2 Å². The topological polar surface area (TPSA) is 72.2 Å². The number of nitro benzene ring substituents is 1. The van der Waals surface area contributed by atoms with Gasteiger partial charge in [0.25, 0.3) is 5.69 Å². The van der Waals surface area contributed by atoms with Crippen LogP contribution in [0.1, 0.15) is 22.6 Å². The Balaban J connectivity index is 1.79. The summed E-state index contributed by atoms with van der Waals surface area (Å²) in [6, 6.07) is 6.91. The molecule has 2 heterocycles. The lowest BCUT2D eigenvalue weighted by molar-refractivity contribution is -0.385. The number of nitrogens with zero attached hydrogens (tertiary/aromatic N) is 4. The van der Waals surface area contributed by atoms with Crippen molar-refractivity contribution in [1.82, 2.24) is 14.9 Å². The molecule has 2 aromatic rings. The molecule has 0 fully saturated rings. The molecule has 108 valence electrons. The van der Waals surface area contributed by atoms with Crippen molar-refractivity contribution in [2.24, 2.45) is 0 Å². The highest BCUT2D eigenvalue weighted by Gasteiger charge is 2.21. The Morgan fingerprint density at radius 3 is 3.00 bits per heavy atom. The summed E-state index contributed by atoms with van der Waals surface area (Å²) in [4.78, 5) is 21.6. The number of fused-ring (bicyclic) bond motifs is 1. The zero-order valence-electron chi connectivity index (χ0n) is 11.8. The van der Waals surface area contributed by atoms with Crippen LogP contribution in [0.15, 0.2) is 30.5 Å². The van der Waals surface area contributed by atoms with Gasteiger partial charge in [-0.1, -0.05) is 18.2 Å². The van der Waals surface area contributed by atoms with Gasteiger partial charge in [-0.3, -0.25) is 15.0 Å². The molecule has 1 aromatic heterocycles.